The van der Waals surface area contributed by atoms with Gasteiger partial charge in [0.15, 0.2) is 6.23 Å². The number of H-pyrrole nitrogens is 1. The molecule has 18 heavy (non-hydrogen) atoms. The lowest BCUT2D eigenvalue weighted by Crippen LogP contribution is -2.35. The van der Waals surface area contributed by atoms with Gasteiger partial charge in [-0.25, -0.2) is 4.79 Å². The summed E-state index contributed by atoms with van der Waals surface area (Å²) in [7, 11) is 0. The number of aliphatic hydroxyl groups excluding tert-OH is 2. The zero-order chi connectivity index (χ0) is 13.4. The fourth-order valence-corrected chi connectivity index (χ4v) is 2.77. The third-order valence-electron chi connectivity index (χ3n) is 2.67. The molecule has 7 nitrogen and oxygen atoms in total. The van der Waals surface area contributed by atoms with Crippen molar-refractivity contribution >= 4 is 31.9 Å². The molecule has 1 aromatic rings. The van der Waals surface area contributed by atoms with Crippen LogP contribution < -0.4 is 11.2 Å². The number of alkyl halides is 1. The summed E-state index contributed by atoms with van der Waals surface area (Å²) >= 11 is 6.22. The second kappa shape index (κ2) is 5.25. The van der Waals surface area contributed by atoms with E-state index in [9.17, 15) is 14.7 Å². The van der Waals surface area contributed by atoms with Crippen molar-refractivity contribution < 1.29 is 14.9 Å². The minimum Gasteiger partial charge on any atom is -0.394 e. The third-order valence-corrected chi connectivity index (χ3v) is 4.23. The summed E-state index contributed by atoms with van der Waals surface area (Å²) in [6.45, 7) is -0.362. The number of aliphatic hydroxyl groups is 2. The van der Waals surface area contributed by atoms with Gasteiger partial charge in [-0.3, -0.25) is 14.3 Å². The molecule has 0 aromatic carbocycles. The van der Waals surface area contributed by atoms with Crippen LogP contribution in [0.4, 0.5) is 0 Å². The van der Waals surface area contributed by atoms with Gasteiger partial charge in [-0.05, 0) is 15.9 Å². The Morgan fingerprint density at radius 1 is 1.50 bits per heavy atom. The molecule has 4 atom stereocenters. The Morgan fingerprint density at radius 3 is 2.72 bits per heavy atom. The van der Waals surface area contributed by atoms with E-state index in [4.69, 9.17) is 9.84 Å². The van der Waals surface area contributed by atoms with Crippen LogP contribution in [0, 0.1) is 0 Å². The molecule has 1 aliphatic heterocycles. The Kier molecular flexibility index (Phi) is 4.07. The molecule has 0 amide bonds. The van der Waals surface area contributed by atoms with Crippen LogP contribution in [0.2, 0.25) is 0 Å². The van der Waals surface area contributed by atoms with Crippen molar-refractivity contribution in [3.8, 4) is 0 Å². The average molecular weight is 386 g/mol. The average Bonchev–Trinajstić information content (AvgIpc) is 2.61. The largest absolute Gasteiger partial charge is 0.394 e. The van der Waals surface area contributed by atoms with Gasteiger partial charge in [-0.2, -0.15) is 0 Å². The quantitative estimate of drug-likeness (QED) is 0.585. The summed E-state index contributed by atoms with van der Waals surface area (Å²) < 4.78 is 6.69. The van der Waals surface area contributed by atoms with Crippen LogP contribution >= 0.6 is 31.9 Å². The Balaban J connectivity index is 2.42. The van der Waals surface area contributed by atoms with E-state index in [1.54, 1.807) is 0 Å². The van der Waals surface area contributed by atoms with E-state index in [-0.39, 0.29) is 11.1 Å². The van der Waals surface area contributed by atoms with Crippen molar-refractivity contribution in [2.45, 2.75) is 23.3 Å². The Bertz CT molecular complexity index is 557. The molecule has 9 heteroatoms. The van der Waals surface area contributed by atoms with Crippen LogP contribution in [0.15, 0.2) is 20.3 Å². The van der Waals surface area contributed by atoms with E-state index < -0.39 is 34.5 Å². The maximum Gasteiger partial charge on any atom is 0.330 e. The number of ether oxygens (including phenoxy) is 1. The van der Waals surface area contributed by atoms with Gasteiger partial charge in [-0.1, -0.05) is 15.9 Å². The van der Waals surface area contributed by atoms with Gasteiger partial charge in [0.1, 0.15) is 6.10 Å². The molecule has 2 heterocycles. The molecule has 0 aliphatic carbocycles. The number of halogens is 2. The monoisotopic (exact) mass is 384 g/mol. The van der Waals surface area contributed by atoms with E-state index >= 15 is 0 Å². The molecular weight excluding hydrogens is 376 g/mol. The molecule has 1 aliphatic rings. The van der Waals surface area contributed by atoms with Crippen LogP contribution in [0.5, 0.6) is 0 Å². The first kappa shape index (κ1) is 13.9. The zero-order valence-corrected chi connectivity index (χ0v) is 12.1. The van der Waals surface area contributed by atoms with E-state index in [0.717, 1.165) is 4.57 Å². The molecule has 0 radical (unpaired) electrons. The van der Waals surface area contributed by atoms with E-state index in [0.29, 0.717) is 0 Å². The standard InChI is InChI=1S/C9H10Br2N2O5/c10-3-1-13(9(17)12-7(3)16)8-5(11)6(15)4(2-14)18-8/h1,4-6,8,14-15H,2H2,(H,12,16,17)/t4-,5-,6+,8+/m0/s1. The fourth-order valence-electron chi connectivity index (χ4n) is 1.73. The molecule has 0 bridgehead atoms. The predicted octanol–water partition coefficient (Wildman–Crippen LogP) is -0.687. The molecule has 3 N–H and O–H groups in total. The minimum atomic E-state index is -0.947. The van der Waals surface area contributed by atoms with Gasteiger partial charge >= 0.3 is 5.69 Å². The van der Waals surface area contributed by atoms with Crippen molar-refractivity contribution in [2.75, 3.05) is 6.61 Å². The SMILES string of the molecule is O=c1[nH]c(=O)n([C@@H]2O[C@@H](CO)[C@@H](O)[C@@H]2Br)cc1Br. The lowest BCUT2D eigenvalue weighted by atomic mass is 10.2. The molecule has 100 valence electrons. The Hall–Kier alpha value is -0.480. The molecule has 1 aromatic heterocycles. The minimum absolute atomic E-state index is 0.173. The highest BCUT2D eigenvalue weighted by Gasteiger charge is 2.43. The number of hydrogen-bond donors (Lipinski definition) is 3. The van der Waals surface area contributed by atoms with Gasteiger partial charge in [0.25, 0.3) is 5.56 Å². The number of aromatic amines is 1. The van der Waals surface area contributed by atoms with Crippen LogP contribution in [-0.2, 0) is 4.74 Å². The van der Waals surface area contributed by atoms with Gasteiger partial charge in [-0.15, -0.1) is 0 Å². The van der Waals surface area contributed by atoms with Crippen molar-refractivity contribution in [3.05, 3.63) is 31.5 Å². The summed E-state index contributed by atoms with van der Waals surface area (Å²) in [5.41, 5.74) is -1.19. The van der Waals surface area contributed by atoms with Gasteiger partial charge in [0, 0.05) is 6.20 Å². The lowest BCUT2D eigenvalue weighted by Gasteiger charge is -2.16. The Labute approximate surface area is 118 Å². The highest BCUT2D eigenvalue weighted by molar-refractivity contribution is 9.10. The first-order valence-corrected chi connectivity index (χ1v) is 6.76. The van der Waals surface area contributed by atoms with Crippen molar-refractivity contribution in [1.29, 1.82) is 0 Å². The summed E-state index contributed by atoms with van der Waals surface area (Å²) in [4.78, 5) is 24.4. The van der Waals surface area contributed by atoms with Crippen molar-refractivity contribution in [3.63, 3.8) is 0 Å². The maximum atomic E-state index is 11.7. The molecule has 2 rings (SSSR count). The van der Waals surface area contributed by atoms with Crippen LogP contribution in [0.25, 0.3) is 0 Å². The third kappa shape index (κ3) is 2.32. The summed E-state index contributed by atoms with van der Waals surface area (Å²) in [6, 6.07) is 0. The van der Waals surface area contributed by atoms with Gasteiger partial charge < -0.3 is 14.9 Å². The highest BCUT2D eigenvalue weighted by Crippen LogP contribution is 2.33. The van der Waals surface area contributed by atoms with Crippen molar-refractivity contribution in [2.24, 2.45) is 0 Å². The van der Waals surface area contributed by atoms with Crippen LogP contribution in [0.1, 0.15) is 6.23 Å². The number of hydrogen-bond acceptors (Lipinski definition) is 5. The first-order valence-electron chi connectivity index (χ1n) is 5.05. The molecular formula is C9H10Br2N2O5. The fraction of sp³-hybridized carbons (Fsp3) is 0.556. The van der Waals surface area contributed by atoms with Crippen LogP contribution in [-0.4, -0.2) is 43.4 Å². The number of nitrogens with zero attached hydrogens (tertiary/aromatic N) is 1. The summed E-state index contributed by atoms with van der Waals surface area (Å²) in [6.07, 6.45) is -1.25. The van der Waals surface area contributed by atoms with E-state index in [1.165, 1.54) is 6.20 Å². The first-order chi connectivity index (χ1) is 8.45. The van der Waals surface area contributed by atoms with Crippen LogP contribution in [0.3, 0.4) is 0 Å². The van der Waals surface area contributed by atoms with E-state index in [1.807, 2.05) is 0 Å². The number of aromatic nitrogens is 2. The van der Waals surface area contributed by atoms with Crippen molar-refractivity contribution in [1.82, 2.24) is 9.55 Å². The predicted molar refractivity (Wildman–Crippen MR) is 68.7 cm³/mol. The molecule has 1 saturated heterocycles. The normalized spacial score (nSPS) is 31.8. The number of rotatable bonds is 2. The summed E-state index contributed by atoms with van der Waals surface area (Å²) in [5.74, 6) is 0. The second-order valence-corrected chi connectivity index (χ2v) is 5.74. The Morgan fingerprint density at radius 2 is 2.17 bits per heavy atom. The zero-order valence-electron chi connectivity index (χ0n) is 8.92. The molecule has 1 fully saturated rings. The topological polar surface area (TPSA) is 105 Å². The summed E-state index contributed by atoms with van der Waals surface area (Å²) in [5, 5.41) is 18.8. The molecule has 0 spiro atoms. The highest BCUT2D eigenvalue weighted by atomic mass is 79.9. The maximum absolute atomic E-state index is 11.7. The molecule has 0 saturated carbocycles. The smallest absolute Gasteiger partial charge is 0.330 e. The van der Waals surface area contributed by atoms with Gasteiger partial charge in [0.2, 0.25) is 0 Å². The lowest BCUT2D eigenvalue weighted by molar-refractivity contribution is -0.0457. The molecule has 0 unspecified atom stereocenters. The second-order valence-electron chi connectivity index (χ2n) is 3.83. The number of nitrogens with one attached hydrogen (secondary N) is 1. The van der Waals surface area contributed by atoms with E-state index in [2.05, 4.69) is 36.8 Å². The van der Waals surface area contributed by atoms with Gasteiger partial charge in [0.05, 0.1) is 22.0 Å².